The Labute approximate surface area is 121 Å². The standard InChI is InChI=1S/C14H25N3OS/c1-16(2)13(6-4-7-13)10-17(3)12(18)14(11(15)19)8-5-9-14/h4-10H2,1-3H3,(H2,15,19). The molecule has 108 valence electrons. The van der Waals surface area contributed by atoms with Crippen molar-refractivity contribution in [3.05, 3.63) is 0 Å². The van der Waals surface area contributed by atoms with Gasteiger partial charge in [-0.05, 0) is 46.2 Å². The van der Waals surface area contributed by atoms with Crippen LogP contribution in [0.5, 0.6) is 0 Å². The Morgan fingerprint density at radius 1 is 1.16 bits per heavy atom. The second-order valence-electron chi connectivity index (χ2n) is 6.43. The van der Waals surface area contributed by atoms with Crippen LogP contribution in [0.25, 0.3) is 0 Å². The van der Waals surface area contributed by atoms with Crippen LogP contribution >= 0.6 is 12.2 Å². The highest BCUT2D eigenvalue weighted by atomic mass is 32.1. The zero-order valence-electron chi connectivity index (χ0n) is 12.2. The fourth-order valence-corrected chi connectivity index (χ4v) is 3.60. The van der Waals surface area contributed by atoms with Crippen molar-refractivity contribution >= 4 is 23.1 Å². The highest BCUT2D eigenvalue weighted by Crippen LogP contribution is 2.44. The van der Waals surface area contributed by atoms with Crippen LogP contribution < -0.4 is 5.73 Å². The highest BCUT2D eigenvalue weighted by Gasteiger charge is 2.50. The number of carbonyl (C=O) groups excluding carboxylic acids is 1. The van der Waals surface area contributed by atoms with E-state index >= 15 is 0 Å². The molecule has 2 N–H and O–H groups in total. The predicted molar refractivity (Wildman–Crippen MR) is 81.0 cm³/mol. The molecule has 5 heteroatoms. The molecule has 2 saturated carbocycles. The van der Waals surface area contributed by atoms with E-state index in [4.69, 9.17) is 18.0 Å². The lowest BCUT2D eigenvalue weighted by molar-refractivity contribution is -0.143. The molecule has 4 nitrogen and oxygen atoms in total. The summed E-state index contributed by atoms with van der Waals surface area (Å²) in [7, 11) is 6.10. The van der Waals surface area contributed by atoms with Gasteiger partial charge in [0.15, 0.2) is 0 Å². The zero-order chi connectivity index (χ0) is 14.3. The molecule has 19 heavy (non-hydrogen) atoms. The van der Waals surface area contributed by atoms with Crippen molar-refractivity contribution in [2.24, 2.45) is 11.1 Å². The number of likely N-dealkylation sites (N-methyl/N-ethyl adjacent to an activating group) is 2. The van der Waals surface area contributed by atoms with Crippen molar-refractivity contribution in [1.82, 2.24) is 9.80 Å². The van der Waals surface area contributed by atoms with E-state index in [-0.39, 0.29) is 11.4 Å². The van der Waals surface area contributed by atoms with Crippen molar-refractivity contribution in [2.45, 2.75) is 44.1 Å². The van der Waals surface area contributed by atoms with Crippen LogP contribution in [0.3, 0.4) is 0 Å². The number of hydrogen-bond acceptors (Lipinski definition) is 3. The largest absolute Gasteiger partial charge is 0.392 e. The molecule has 2 aliphatic carbocycles. The Morgan fingerprint density at radius 3 is 1.95 bits per heavy atom. The number of rotatable bonds is 5. The summed E-state index contributed by atoms with van der Waals surface area (Å²) in [4.78, 5) is 17.2. The number of hydrogen-bond donors (Lipinski definition) is 1. The van der Waals surface area contributed by atoms with Gasteiger partial charge in [0, 0.05) is 19.1 Å². The molecule has 1 amide bonds. The monoisotopic (exact) mass is 283 g/mol. The lowest BCUT2D eigenvalue weighted by atomic mass is 9.67. The molecule has 0 radical (unpaired) electrons. The molecule has 0 unspecified atom stereocenters. The zero-order valence-corrected chi connectivity index (χ0v) is 13.1. The van der Waals surface area contributed by atoms with Gasteiger partial charge in [-0.2, -0.15) is 0 Å². The minimum absolute atomic E-state index is 0.124. The first kappa shape index (κ1) is 14.7. The third kappa shape index (κ3) is 2.27. The first-order valence-corrected chi connectivity index (χ1v) is 7.48. The summed E-state index contributed by atoms with van der Waals surface area (Å²) < 4.78 is 0. The van der Waals surface area contributed by atoms with Crippen molar-refractivity contribution < 1.29 is 4.79 Å². The molecule has 2 fully saturated rings. The topological polar surface area (TPSA) is 49.6 Å². The molecular weight excluding hydrogens is 258 g/mol. The molecule has 0 aliphatic heterocycles. The first-order valence-electron chi connectivity index (χ1n) is 7.07. The summed E-state index contributed by atoms with van der Waals surface area (Å²) >= 11 is 5.13. The average molecular weight is 283 g/mol. The second kappa shape index (κ2) is 5.02. The van der Waals surface area contributed by atoms with Gasteiger partial charge in [0.05, 0.1) is 10.4 Å². The van der Waals surface area contributed by atoms with E-state index in [0.29, 0.717) is 4.99 Å². The van der Waals surface area contributed by atoms with Gasteiger partial charge in [0.25, 0.3) is 0 Å². The van der Waals surface area contributed by atoms with Crippen molar-refractivity contribution in [3.8, 4) is 0 Å². The summed E-state index contributed by atoms with van der Waals surface area (Å²) in [6, 6.07) is 0. The molecule has 0 aromatic heterocycles. The van der Waals surface area contributed by atoms with E-state index in [1.807, 2.05) is 11.9 Å². The molecular formula is C14H25N3OS. The number of amides is 1. The average Bonchev–Trinajstić information content (AvgIpc) is 2.19. The molecule has 2 rings (SSSR count). The van der Waals surface area contributed by atoms with Crippen LogP contribution in [0, 0.1) is 5.41 Å². The molecule has 0 bridgehead atoms. The molecule has 0 aromatic carbocycles. The number of thiocarbonyl (C=S) groups is 1. The Balaban J connectivity index is 2.05. The van der Waals surface area contributed by atoms with E-state index in [0.717, 1.165) is 38.6 Å². The smallest absolute Gasteiger partial charge is 0.235 e. The maximum atomic E-state index is 12.7. The number of nitrogens with two attached hydrogens (primary N) is 1. The predicted octanol–water partition coefficient (Wildman–Crippen LogP) is 1.39. The molecule has 0 aromatic rings. The minimum Gasteiger partial charge on any atom is -0.392 e. The third-order valence-electron chi connectivity index (χ3n) is 5.20. The third-order valence-corrected chi connectivity index (χ3v) is 5.59. The van der Waals surface area contributed by atoms with Crippen LogP contribution in [0.1, 0.15) is 38.5 Å². The first-order chi connectivity index (χ1) is 8.84. The van der Waals surface area contributed by atoms with Gasteiger partial charge >= 0.3 is 0 Å². The maximum absolute atomic E-state index is 12.7. The second-order valence-corrected chi connectivity index (χ2v) is 6.87. The van der Waals surface area contributed by atoms with Crippen LogP contribution in [0.15, 0.2) is 0 Å². The fraction of sp³-hybridized carbons (Fsp3) is 0.857. The summed E-state index contributed by atoms with van der Waals surface area (Å²) in [6.45, 7) is 0.781. The van der Waals surface area contributed by atoms with Crippen molar-refractivity contribution in [2.75, 3.05) is 27.7 Å². The summed E-state index contributed by atoms with van der Waals surface area (Å²) in [5.74, 6) is 0.124. The van der Waals surface area contributed by atoms with Crippen LogP contribution in [0.2, 0.25) is 0 Å². The van der Waals surface area contributed by atoms with Crippen molar-refractivity contribution in [1.29, 1.82) is 0 Å². The summed E-state index contributed by atoms with van der Waals surface area (Å²) in [6.07, 6.45) is 6.27. The van der Waals surface area contributed by atoms with Crippen LogP contribution in [0.4, 0.5) is 0 Å². The van der Waals surface area contributed by atoms with E-state index in [2.05, 4.69) is 19.0 Å². The quantitative estimate of drug-likeness (QED) is 0.775. The summed E-state index contributed by atoms with van der Waals surface area (Å²) in [5.41, 5.74) is 5.43. The highest BCUT2D eigenvalue weighted by molar-refractivity contribution is 7.80. The molecule has 2 aliphatic rings. The Hall–Kier alpha value is -0.680. The van der Waals surface area contributed by atoms with Crippen molar-refractivity contribution in [3.63, 3.8) is 0 Å². The van der Waals surface area contributed by atoms with Crippen LogP contribution in [-0.4, -0.2) is 53.9 Å². The van der Waals surface area contributed by atoms with Gasteiger partial charge in [-0.15, -0.1) is 0 Å². The molecule has 0 heterocycles. The lowest BCUT2D eigenvalue weighted by Gasteiger charge is -2.51. The van der Waals surface area contributed by atoms with E-state index in [1.165, 1.54) is 6.42 Å². The van der Waals surface area contributed by atoms with Gasteiger partial charge < -0.3 is 15.5 Å². The van der Waals surface area contributed by atoms with Gasteiger partial charge in [0.2, 0.25) is 5.91 Å². The molecule has 0 atom stereocenters. The maximum Gasteiger partial charge on any atom is 0.235 e. The summed E-state index contributed by atoms with van der Waals surface area (Å²) in [5, 5.41) is 0. The van der Waals surface area contributed by atoms with E-state index in [1.54, 1.807) is 0 Å². The number of carbonyl (C=O) groups is 1. The SMILES string of the molecule is CN(CC1(N(C)C)CCC1)C(=O)C1(C(N)=S)CCC1. The van der Waals surface area contributed by atoms with Gasteiger partial charge in [-0.3, -0.25) is 4.79 Å². The fourth-order valence-electron chi connectivity index (χ4n) is 3.31. The van der Waals surface area contributed by atoms with Gasteiger partial charge in [-0.25, -0.2) is 0 Å². The lowest BCUT2D eigenvalue weighted by Crippen LogP contribution is -2.61. The van der Waals surface area contributed by atoms with Gasteiger partial charge in [-0.1, -0.05) is 18.6 Å². The van der Waals surface area contributed by atoms with Crippen LogP contribution in [-0.2, 0) is 4.79 Å². The molecule has 0 saturated heterocycles. The van der Waals surface area contributed by atoms with E-state index < -0.39 is 5.41 Å². The number of nitrogens with zero attached hydrogens (tertiary/aromatic N) is 2. The van der Waals surface area contributed by atoms with E-state index in [9.17, 15) is 4.79 Å². The normalized spacial score (nSPS) is 23.4. The Morgan fingerprint density at radius 2 is 1.68 bits per heavy atom. The Kier molecular flexibility index (Phi) is 3.89. The van der Waals surface area contributed by atoms with Gasteiger partial charge in [0.1, 0.15) is 0 Å². The molecule has 0 spiro atoms. The minimum atomic E-state index is -0.540. The Bertz CT molecular complexity index is 386.